The average molecular weight is 937 g/mol. The van der Waals surface area contributed by atoms with Crippen molar-refractivity contribution in [3.8, 4) is 11.5 Å². The Morgan fingerprint density at radius 3 is 1.23 bits per heavy atom. The first-order chi connectivity index (χ1) is 31.1. The normalized spacial score (nSPS) is 11.8. The fourth-order valence-electron chi connectivity index (χ4n) is 6.44. The van der Waals surface area contributed by atoms with E-state index in [1.54, 1.807) is 29.2 Å². The highest BCUT2D eigenvalue weighted by Crippen LogP contribution is 2.42. The minimum atomic E-state index is -4.43. The molecule has 0 aliphatic rings. The van der Waals surface area contributed by atoms with Crippen LogP contribution in [0.5, 0.6) is 11.5 Å². The molecule has 0 fully saturated rings. The molecular weight excluding hydrogens is 885 g/mol. The van der Waals surface area contributed by atoms with Gasteiger partial charge in [-0.1, -0.05) is 0 Å². The Morgan fingerprint density at radius 2 is 0.923 bits per heavy atom. The number of hydrogen-bond donors (Lipinski definition) is 6. The summed E-state index contributed by atoms with van der Waals surface area (Å²) in [6.45, 7) is 10.00. The van der Waals surface area contributed by atoms with Crippen molar-refractivity contribution in [1.29, 1.82) is 0 Å². The fourth-order valence-corrected chi connectivity index (χ4v) is 7.40. The maximum atomic E-state index is 11.6. The standard InChI is InChI=1S/C41H52N12O10S2/c1-7-51(8-2)35-23-31(33(25-37(35)62-5)49-47-27-11-15-29(16-12-27)64(56,57)58)42-39-44-40(46-41(45-39)53(19-21-54)20-22-55)43-32-24-36(52(9-3)10-4)38(63-6)26-34(32)50-48-28-13-17-30(18-14-28)65(59,60)61/h11-18,23-26,54-55H,7-10,19-22H2,1-6H3,(H,56,57,58)(H,59,60,61)(H2,42,43,44,45,46)/b49-47+,50-48+. The van der Waals surface area contributed by atoms with Crippen molar-refractivity contribution in [3.05, 3.63) is 72.8 Å². The van der Waals surface area contributed by atoms with Crippen LogP contribution in [0.3, 0.4) is 0 Å². The summed E-state index contributed by atoms with van der Waals surface area (Å²) in [5.41, 5.74) is 3.23. The van der Waals surface area contributed by atoms with E-state index in [1.807, 2.05) is 27.7 Å². The number of ether oxygens (including phenoxy) is 2. The van der Waals surface area contributed by atoms with Gasteiger partial charge < -0.3 is 45.0 Å². The third kappa shape index (κ3) is 12.8. The van der Waals surface area contributed by atoms with Crippen LogP contribution >= 0.6 is 0 Å². The largest absolute Gasteiger partial charge is 0.494 e. The van der Waals surface area contributed by atoms with E-state index in [4.69, 9.17) is 14.5 Å². The van der Waals surface area contributed by atoms with Crippen LogP contribution in [0.1, 0.15) is 27.7 Å². The molecule has 65 heavy (non-hydrogen) atoms. The molecule has 1 heterocycles. The van der Waals surface area contributed by atoms with Crippen molar-refractivity contribution in [2.24, 2.45) is 20.5 Å². The molecule has 0 bridgehead atoms. The van der Waals surface area contributed by atoms with Gasteiger partial charge in [0.1, 0.15) is 22.9 Å². The number of rotatable bonds is 23. The number of aliphatic hydroxyl groups excluding tert-OH is 2. The fraction of sp³-hybridized carbons (Fsp3) is 0.341. The van der Waals surface area contributed by atoms with Gasteiger partial charge in [-0.3, -0.25) is 9.11 Å². The lowest BCUT2D eigenvalue weighted by atomic mass is 10.2. The lowest BCUT2D eigenvalue weighted by molar-refractivity contribution is 0.280. The van der Waals surface area contributed by atoms with Crippen molar-refractivity contribution >= 4 is 83.6 Å². The first kappa shape index (κ1) is 49.4. The number of nitrogens with zero attached hydrogens (tertiary/aromatic N) is 10. The van der Waals surface area contributed by atoms with Gasteiger partial charge in [0, 0.05) is 51.4 Å². The zero-order valence-electron chi connectivity index (χ0n) is 36.6. The molecule has 4 aromatic carbocycles. The number of aliphatic hydroxyl groups is 2. The van der Waals surface area contributed by atoms with Crippen LogP contribution in [-0.2, 0) is 20.2 Å². The van der Waals surface area contributed by atoms with Crippen LogP contribution in [0.4, 0.5) is 63.3 Å². The van der Waals surface area contributed by atoms with Gasteiger partial charge in [0.15, 0.2) is 0 Å². The molecule has 5 rings (SSSR count). The van der Waals surface area contributed by atoms with Gasteiger partial charge in [-0.15, -0.1) is 10.2 Å². The van der Waals surface area contributed by atoms with Crippen molar-refractivity contribution < 1.29 is 45.6 Å². The van der Waals surface area contributed by atoms with Gasteiger partial charge in [-0.05, 0) is 88.4 Å². The van der Waals surface area contributed by atoms with E-state index in [0.717, 1.165) is 0 Å². The molecule has 0 saturated carbocycles. The van der Waals surface area contributed by atoms with E-state index < -0.39 is 20.2 Å². The first-order valence-corrected chi connectivity index (χ1v) is 23.2. The lowest BCUT2D eigenvalue weighted by Gasteiger charge is -2.25. The lowest BCUT2D eigenvalue weighted by Crippen LogP contribution is -2.31. The molecule has 1 aromatic heterocycles. The monoisotopic (exact) mass is 936 g/mol. The van der Waals surface area contributed by atoms with E-state index in [-0.39, 0.29) is 76.7 Å². The zero-order valence-corrected chi connectivity index (χ0v) is 38.2. The smallest absolute Gasteiger partial charge is 0.294 e. The van der Waals surface area contributed by atoms with E-state index >= 15 is 0 Å². The molecule has 0 radical (unpaired) electrons. The number of anilines is 7. The van der Waals surface area contributed by atoms with Gasteiger partial charge in [-0.2, -0.15) is 42.0 Å². The number of benzene rings is 4. The third-order valence-corrected chi connectivity index (χ3v) is 11.5. The Kier molecular flexibility index (Phi) is 17.0. The molecule has 0 saturated heterocycles. The molecule has 22 nitrogen and oxygen atoms in total. The van der Waals surface area contributed by atoms with Crippen LogP contribution in [-0.4, -0.2) is 118 Å². The maximum absolute atomic E-state index is 11.6. The molecule has 24 heteroatoms. The highest BCUT2D eigenvalue weighted by atomic mass is 32.2. The van der Waals surface area contributed by atoms with Crippen LogP contribution in [0.15, 0.2) is 103 Å². The second-order valence-corrected chi connectivity index (χ2v) is 16.6. The molecule has 0 atom stereocenters. The number of methoxy groups -OCH3 is 2. The summed E-state index contributed by atoms with van der Waals surface area (Å²) in [7, 11) is -5.81. The summed E-state index contributed by atoms with van der Waals surface area (Å²) >= 11 is 0. The van der Waals surface area contributed by atoms with Crippen LogP contribution in [0.25, 0.3) is 0 Å². The van der Waals surface area contributed by atoms with E-state index in [9.17, 15) is 36.2 Å². The summed E-state index contributed by atoms with van der Waals surface area (Å²) in [6, 6.07) is 17.2. The Balaban J connectivity index is 1.68. The molecule has 0 unspecified atom stereocenters. The summed E-state index contributed by atoms with van der Waals surface area (Å²) in [5.74, 6) is 1.04. The number of azo groups is 2. The number of hydrogen-bond acceptors (Lipinski definition) is 20. The van der Waals surface area contributed by atoms with E-state index in [2.05, 4.69) is 50.9 Å². The second kappa shape index (κ2) is 22.4. The molecule has 6 N–H and O–H groups in total. The predicted octanol–water partition coefficient (Wildman–Crippen LogP) is 7.18. The number of aromatic nitrogens is 3. The molecule has 0 aliphatic carbocycles. The van der Waals surface area contributed by atoms with E-state index in [1.165, 1.54) is 62.8 Å². The Bertz CT molecular complexity index is 2500. The third-order valence-electron chi connectivity index (χ3n) is 9.76. The van der Waals surface area contributed by atoms with Crippen molar-refractivity contribution in [1.82, 2.24) is 15.0 Å². The summed E-state index contributed by atoms with van der Waals surface area (Å²) in [5, 5.41) is 44.0. The minimum Gasteiger partial charge on any atom is -0.494 e. The van der Waals surface area contributed by atoms with Gasteiger partial charge in [-0.25, -0.2) is 0 Å². The molecule has 0 amide bonds. The van der Waals surface area contributed by atoms with Crippen LogP contribution < -0.4 is 34.8 Å². The highest BCUT2D eigenvalue weighted by Gasteiger charge is 2.21. The molecule has 0 spiro atoms. The zero-order chi connectivity index (χ0) is 47.3. The minimum absolute atomic E-state index is 0.00239. The quantitative estimate of drug-likeness (QED) is 0.0279. The van der Waals surface area contributed by atoms with Crippen LogP contribution in [0, 0.1) is 0 Å². The average Bonchev–Trinajstić information content (AvgIpc) is 3.28. The van der Waals surface area contributed by atoms with Gasteiger partial charge >= 0.3 is 0 Å². The molecule has 5 aromatic rings. The van der Waals surface area contributed by atoms with Crippen LogP contribution in [0.2, 0.25) is 0 Å². The first-order valence-electron chi connectivity index (χ1n) is 20.3. The van der Waals surface area contributed by atoms with E-state index in [0.29, 0.717) is 60.4 Å². The summed E-state index contributed by atoms with van der Waals surface area (Å²) < 4.78 is 76.9. The summed E-state index contributed by atoms with van der Waals surface area (Å²) in [4.78, 5) is 19.2. The maximum Gasteiger partial charge on any atom is 0.294 e. The second-order valence-electron chi connectivity index (χ2n) is 13.7. The topological polar surface area (TPSA) is 290 Å². The van der Waals surface area contributed by atoms with Gasteiger partial charge in [0.25, 0.3) is 20.2 Å². The van der Waals surface area contributed by atoms with Crippen molar-refractivity contribution in [2.45, 2.75) is 37.5 Å². The number of nitrogens with one attached hydrogen (secondary N) is 2. The Morgan fingerprint density at radius 1 is 0.554 bits per heavy atom. The predicted molar refractivity (Wildman–Crippen MR) is 247 cm³/mol. The van der Waals surface area contributed by atoms with Crippen molar-refractivity contribution in [3.63, 3.8) is 0 Å². The SMILES string of the molecule is CCN(CC)c1cc(Nc2nc(Nc3cc(N(CC)CC)c(OC)cc3/N=N/c3ccc(S(=O)(=O)O)cc3)nc(N(CCO)CCO)n2)c(/N=N/c2ccc(S(=O)(=O)O)cc2)cc1OC. The Hall–Kier alpha value is -6.57. The molecular formula is C41H52N12O10S2. The Labute approximate surface area is 377 Å². The summed E-state index contributed by atoms with van der Waals surface area (Å²) in [6.07, 6.45) is 0. The van der Waals surface area contributed by atoms with Gasteiger partial charge in [0.2, 0.25) is 17.8 Å². The van der Waals surface area contributed by atoms with Crippen molar-refractivity contribution in [2.75, 3.05) is 92.0 Å². The highest BCUT2D eigenvalue weighted by molar-refractivity contribution is 7.86. The molecule has 0 aliphatic heterocycles. The molecule has 348 valence electrons. The van der Waals surface area contributed by atoms with Gasteiger partial charge in [0.05, 0.1) is 71.3 Å².